The highest BCUT2D eigenvalue weighted by Crippen LogP contribution is 2.39. The minimum absolute atomic E-state index is 0.645. The summed E-state index contributed by atoms with van der Waals surface area (Å²) in [6.07, 6.45) is 1.29. The summed E-state index contributed by atoms with van der Waals surface area (Å²) in [5.41, 5.74) is 4.28. The van der Waals surface area contributed by atoms with Crippen molar-refractivity contribution in [2.24, 2.45) is 0 Å². The zero-order valence-electron chi connectivity index (χ0n) is 21.6. The van der Waals surface area contributed by atoms with Gasteiger partial charge in [0.1, 0.15) is 34.5 Å². The molecule has 0 fully saturated rings. The number of fused-ring (bicyclic) bond motifs is 1. The molecule has 0 aliphatic carbocycles. The molecule has 0 amide bonds. The van der Waals surface area contributed by atoms with Crippen molar-refractivity contribution in [2.75, 3.05) is 42.7 Å². The number of rotatable bonds is 10. The van der Waals surface area contributed by atoms with Gasteiger partial charge in [-0.15, -0.1) is 0 Å². The SMILES string of the molecule is COc1cc(OC)c(Cc2cccc3c(Cc4c(OC)cc(OC)cc4OC)cccc23)c(OC)c1. The summed E-state index contributed by atoms with van der Waals surface area (Å²) in [5.74, 6) is 4.29. The average molecular weight is 489 g/mol. The molecule has 36 heavy (non-hydrogen) atoms. The van der Waals surface area contributed by atoms with E-state index in [2.05, 4.69) is 36.4 Å². The van der Waals surface area contributed by atoms with Crippen LogP contribution in [0.15, 0.2) is 60.7 Å². The Kier molecular flexibility index (Phi) is 7.74. The van der Waals surface area contributed by atoms with Gasteiger partial charge in [-0.2, -0.15) is 0 Å². The maximum absolute atomic E-state index is 5.69. The molecule has 0 aliphatic heterocycles. The van der Waals surface area contributed by atoms with Gasteiger partial charge >= 0.3 is 0 Å². The molecule has 0 heterocycles. The monoisotopic (exact) mass is 488 g/mol. The maximum Gasteiger partial charge on any atom is 0.129 e. The van der Waals surface area contributed by atoms with Crippen LogP contribution in [0.4, 0.5) is 0 Å². The predicted molar refractivity (Wildman–Crippen MR) is 142 cm³/mol. The van der Waals surface area contributed by atoms with Crippen LogP contribution in [-0.4, -0.2) is 42.7 Å². The molecule has 0 bridgehead atoms. The molecule has 4 aromatic carbocycles. The van der Waals surface area contributed by atoms with Crippen molar-refractivity contribution in [2.45, 2.75) is 12.8 Å². The Balaban J connectivity index is 1.79. The topological polar surface area (TPSA) is 55.4 Å². The number of hydrogen-bond acceptors (Lipinski definition) is 6. The molecule has 6 nitrogen and oxygen atoms in total. The van der Waals surface area contributed by atoms with Gasteiger partial charge in [-0.25, -0.2) is 0 Å². The highest BCUT2D eigenvalue weighted by molar-refractivity contribution is 5.89. The first-order valence-electron chi connectivity index (χ1n) is 11.6. The van der Waals surface area contributed by atoms with E-state index in [0.717, 1.165) is 34.1 Å². The van der Waals surface area contributed by atoms with Crippen LogP contribution in [0.1, 0.15) is 22.3 Å². The standard InChI is InChI=1S/C30H32O6/c1-31-21-15-27(33-3)25(28(16-21)34-4)13-19-9-7-12-24-20(10-8-11-23(19)24)14-26-29(35-5)17-22(32-2)18-30(26)36-6/h7-12,15-18H,13-14H2,1-6H3. The summed E-state index contributed by atoms with van der Waals surface area (Å²) in [6.45, 7) is 0. The Morgan fingerprint density at radius 1 is 0.444 bits per heavy atom. The Labute approximate surface area is 212 Å². The Morgan fingerprint density at radius 3 is 1.06 bits per heavy atom. The van der Waals surface area contributed by atoms with E-state index < -0.39 is 0 Å². The lowest BCUT2D eigenvalue weighted by atomic mass is 9.92. The largest absolute Gasteiger partial charge is 0.496 e. The molecule has 0 aliphatic rings. The van der Waals surface area contributed by atoms with Crippen LogP contribution in [-0.2, 0) is 12.8 Å². The third-order valence-electron chi connectivity index (χ3n) is 6.47. The lowest BCUT2D eigenvalue weighted by Crippen LogP contribution is -2.01. The first-order valence-corrected chi connectivity index (χ1v) is 11.6. The molecule has 0 saturated carbocycles. The normalized spacial score (nSPS) is 10.7. The van der Waals surface area contributed by atoms with Gasteiger partial charge < -0.3 is 28.4 Å². The summed E-state index contributed by atoms with van der Waals surface area (Å²) in [5, 5.41) is 2.34. The van der Waals surface area contributed by atoms with Crippen LogP contribution in [0.5, 0.6) is 34.5 Å². The highest BCUT2D eigenvalue weighted by Gasteiger charge is 2.18. The van der Waals surface area contributed by atoms with Crippen LogP contribution in [0.3, 0.4) is 0 Å². The van der Waals surface area contributed by atoms with E-state index in [4.69, 9.17) is 28.4 Å². The van der Waals surface area contributed by atoms with Gasteiger partial charge in [-0.1, -0.05) is 36.4 Å². The molecular weight excluding hydrogens is 456 g/mol. The molecule has 4 aromatic rings. The molecule has 0 N–H and O–H groups in total. The fourth-order valence-electron chi connectivity index (χ4n) is 4.63. The minimum Gasteiger partial charge on any atom is -0.496 e. The summed E-state index contributed by atoms with van der Waals surface area (Å²) < 4.78 is 33.6. The molecule has 0 radical (unpaired) electrons. The fourth-order valence-corrected chi connectivity index (χ4v) is 4.63. The molecule has 0 spiro atoms. The van der Waals surface area contributed by atoms with E-state index in [1.807, 2.05) is 24.3 Å². The quantitative estimate of drug-likeness (QED) is 0.270. The smallest absolute Gasteiger partial charge is 0.129 e. The van der Waals surface area contributed by atoms with Gasteiger partial charge in [-0.05, 0) is 21.9 Å². The first kappa shape index (κ1) is 25.0. The van der Waals surface area contributed by atoms with Crippen molar-refractivity contribution < 1.29 is 28.4 Å². The Morgan fingerprint density at radius 2 is 0.778 bits per heavy atom. The third-order valence-corrected chi connectivity index (χ3v) is 6.47. The van der Waals surface area contributed by atoms with Gasteiger partial charge in [0.25, 0.3) is 0 Å². The highest BCUT2D eigenvalue weighted by atomic mass is 16.5. The second kappa shape index (κ2) is 11.1. The average Bonchev–Trinajstić information content (AvgIpc) is 2.93. The molecule has 0 saturated heterocycles. The minimum atomic E-state index is 0.645. The van der Waals surface area contributed by atoms with Crippen molar-refractivity contribution in [1.82, 2.24) is 0 Å². The van der Waals surface area contributed by atoms with E-state index in [1.54, 1.807) is 42.7 Å². The van der Waals surface area contributed by atoms with Gasteiger partial charge in [0, 0.05) is 48.2 Å². The van der Waals surface area contributed by atoms with Crippen molar-refractivity contribution in [3.05, 3.63) is 82.9 Å². The van der Waals surface area contributed by atoms with Crippen LogP contribution < -0.4 is 28.4 Å². The van der Waals surface area contributed by atoms with Crippen molar-refractivity contribution in [3.8, 4) is 34.5 Å². The zero-order chi connectivity index (χ0) is 25.7. The number of ether oxygens (including phenoxy) is 6. The maximum atomic E-state index is 5.69. The summed E-state index contributed by atoms with van der Waals surface area (Å²) in [4.78, 5) is 0. The molecule has 188 valence electrons. The van der Waals surface area contributed by atoms with Crippen LogP contribution in [0, 0.1) is 0 Å². The third kappa shape index (κ3) is 4.85. The zero-order valence-corrected chi connectivity index (χ0v) is 21.6. The van der Waals surface area contributed by atoms with Gasteiger partial charge in [-0.3, -0.25) is 0 Å². The van der Waals surface area contributed by atoms with Crippen LogP contribution >= 0.6 is 0 Å². The molecule has 0 aromatic heterocycles. The summed E-state index contributed by atoms with van der Waals surface area (Å²) >= 11 is 0. The van der Waals surface area contributed by atoms with E-state index >= 15 is 0 Å². The van der Waals surface area contributed by atoms with Crippen LogP contribution in [0.2, 0.25) is 0 Å². The lowest BCUT2D eigenvalue weighted by Gasteiger charge is -2.18. The van der Waals surface area contributed by atoms with Gasteiger partial charge in [0.05, 0.1) is 42.7 Å². The van der Waals surface area contributed by atoms with Crippen molar-refractivity contribution in [1.29, 1.82) is 0 Å². The van der Waals surface area contributed by atoms with Crippen LogP contribution in [0.25, 0.3) is 10.8 Å². The van der Waals surface area contributed by atoms with Gasteiger partial charge in [0.2, 0.25) is 0 Å². The first-order chi connectivity index (χ1) is 17.6. The molecule has 6 heteroatoms. The van der Waals surface area contributed by atoms with Crippen molar-refractivity contribution in [3.63, 3.8) is 0 Å². The predicted octanol–water partition coefficient (Wildman–Crippen LogP) is 6.07. The number of benzene rings is 4. The molecule has 4 rings (SSSR count). The molecular formula is C30H32O6. The van der Waals surface area contributed by atoms with E-state index in [1.165, 1.54) is 21.9 Å². The summed E-state index contributed by atoms with van der Waals surface area (Å²) in [6, 6.07) is 20.3. The second-order valence-corrected chi connectivity index (χ2v) is 8.30. The summed E-state index contributed by atoms with van der Waals surface area (Å²) in [7, 11) is 9.91. The molecule has 0 atom stereocenters. The fraction of sp³-hybridized carbons (Fsp3) is 0.267. The van der Waals surface area contributed by atoms with Crippen molar-refractivity contribution >= 4 is 10.8 Å². The Hall–Kier alpha value is -4.06. The van der Waals surface area contributed by atoms with E-state index in [-0.39, 0.29) is 0 Å². The number of hydrogen-bond donors (Lipinski definition) is 0. The second-order valence-electron chi connectivity index (χ2n) is 8.30. The van der Waals surface area contributed by atoms with E-state index in [9.17, 15) is 0 Å². The Bertz CT molecular complexity index is 1210. The molecule has 0 unspecified atom stereocenters. The number of methoxy groups -OCH3 is 6. The van der Waals surface area contributed by atoms with E-state index in [0.29, 0.717) is 24.3 Å². The lowest BCUT2D eigenvalue weighted by molar-refractivity contribution is 0.369. The van der Waals surface area contributed by atoms with Gasteiger partial charge in [0.15, 0.2) is 0 Å².